The zero-order chi connectivity index (χ0) is 21.2. The van der Waals surface area contributed by atoms with Gasteiger partial charge in [-0.3, -0.25) is 10.2 Å². The minimum atomic E-state index is -0.445. The molecule has 0 saturated heterocycles. The largest absolute Gasteiger partial charge is 0.483 e. The van der Waals surface area contributed by atoms with E-state index >= 15 is 0 Å². The van der Waals surface area contributed by atoms with Gasteiger partial charge >= 0.3 is 0 Å². The lowest BCUT2D eigenvalue weighted by Crippen LogP contribution is -2.43. The van der Waals surface area contributed by atoms with Gasteiger partial charge in [0.05, 0.1) is 12.5 Å². The van der Waals surface area contributed by atoms with E-state index in [9.17, 15) is 4.79 Å². The number of carbonyl (C=O) groups is 1. The summed E-state index contributed by atoms with van der Waals surface area (Å²) in [5, 5.41) is 14.7. The molecular formula is C20H24N6O3. The second kappa shape index (κ2) is 7.78. The number of amides is 1. The summed E-state index contributed by atoms with van der Waals surface area (Å²) in [5.41, 5.74) is 7.58. The van der Waals surface area contributed by atoms with E-state index in [2.05, 4.69) is 22.0 Å². The fraction of sp³-hybridized carbons (Fsp3) is 0.300. The normalized spacial score (nSPS) is 14.7. The molecule has 0 saturated carbocycles. The van der Waals surface area contributed by atoms with Gasteiger partial charge in [-0.1, -0.05) is 17.3 Å². The molecule has 9 heteroatoms. The van der Waals surface area contributed by atoms with Crippen LogP contribution in [0.3, 0.4) is 0 Å². The smallest absolute Gasteiger partial charge is 0.263 e. The van der Waals surface area contributed by atoms with E-state index in [1.165, 1.54) is 13.5 Å². The number of methoxy groups -OCH3 is 1. The molecule has 1 aliphatic heterocycles. The number of anilines is 1. The van der Waals surface area contributed by atoms with E-state index in [4.69, 9.17) is 20.4 Å². The van der Waals surface area contributed by atoms with Gasteiger partial charge in [0.25, 0.3) is 5.91 Å². The Morgan fingerprint density at radius 2 is 2.07 bits per heavy atom. The summed E-state index contributed by atoms with van der Waals surface area (Å²) < 4.78 is 9.87. The predicted octanol–water partition coefficient (Wildman–Crippen LogP) is 2.03. The van der Waals surface area contributed by atoms with Gasteiger partial charge in [-0.2, -0.15) is 4.98 Å². The Morgan fingerprint density at radius 1 is 1.38 bits per heavy atom. The van der Waals surface area contributed by atoms with Crippen LogP contribution in [0.5, 0.6) is 0 Å². The zero-order valence-electron chi connectivity index (χ0n) is 16.7. The van der Waals surface area contributed by atoms with Crippen LogP contribution in [0.4, 0.5) is 5.69 Å². The van der Waals surface area contributed by atoms with Crippen LogP contribution in [-0.4, -0.2) is 35.5 Å². The Bertz CT molecular complexity index is 961. The highest BCUT2D eigenvalue weighted by molar-refractivity contribution is 6.25. The fourth-order valence-electron chi connectivity index (χ4n) is 3.22. The highest BCUT2D eigenvalue weighted by Gasteiger charge is 2.32. The highest BCUT2D eigenvalue weighted by Crippen LogP contribution is 2.31. The molecule has 4 N–H and O–H groups in total. The van der Waals surface area contributed by atoms with Gasteiger partial charge in [0.1, 0.15) is 11.4 Å². The molecule has 0 bridgehead atoms. The van der Waals surface area contributed by atoms with E-state index in [1.807, 2.05) is 38.1 Å². The lowest BCUT2D eigenvalue weighted by atomic mass is 9.84. The molecule has 2 heterocycles. The first kappa shape index (κ1) is 20.1. The topological polar surface area (TPSA) is 130 Å². The molecule has 0 spiro atoms. The van der Waals surface area contributed by atoms with Crippen molar-refractivity contribution < 1.29 is 14.1 Å². The number of amidine groups is 1. The SMILES string of the molecule is C=C(NC1=C(C(=N)N)C(=O)N(c2ccc(C(C)(C)c3ncon3)cc2)CC1)OC. The zero-order valence-corrected chi connectivity index (χ0v) is 16.7. The molecule has 1 aliphatic rings. The van der Waals surface area contributed by atoms with E-state index in [1.54, 1.807) is 4.90 Å². The average Bonchev–Trinajstić information content (AvgIpc) is 3.23. The summed E-state index contributed by atoms with van der Waals surface area (Å²) >= 11 is 0. The number of nitrogens with zero attached hydrogens (tertiary/aromatic N) is 3. The Labute approximate surface area is 168 Å². The number of benzene rings is 1. The molecule has 0 fully saturated rings. The first-order valence-corrected chi connectivity index (χ1v) is 9.02. The van der Waals surface area contributed by atoms with Gasteiger partial charge in [-0.25, -0.2) is 0 Å². The van der Waals surface area contributed by atoms with Crippen LogP contribution in [0.25, 0.3) is 0 Å². The molecule has 0 unspecified atom stereocenters. The van der Waals surface area contributed by atoms with Crippen molar-refractivity contribution in [1.82, 2.24) is 15.5 Å². The van der Waals surface area contributed by atoms with Crippen molar-refractivity contribution in [3.63, 3.8) is 0 Å². The van der Waals surface area contributed by atoms with Gasteiger partial charge in [-0.15, -0.1) is 0 Å². The lowest BCUT2D eigenvalue weighted by Gasteiger charge is -2.31. The van der Waals surface area contributed by atoms with E-state index in [0.717, 1.165) is 5.56 Å². The fourth-order valence-corrected chi connectivity index (χ4v) is 3.22. The van der Waals surface area contributed by atoms with Crippen LogP contribution in [0.2, 0.25) is 0 Å². The molecular weight excluding hydrogens is 372 g/mol. The predicted molar refractivity (Wildman–Crippen MR) is 108 cm³/mol. The number of nitrogens with two attached hydrogens (primary N) is 1. The Morgan fingerprint density at radius 3 is 2.62 bits per heavy atom. The minimum absolute atomic E-state index is 0.116. The number of nitrogens with one attached hydrogen (secondary N) is 2. The molecule has 1 aromatic carbocycles. The molecule has 9 nitrogen and oxygen atoms in total. The standard InChI is InChI=1S/C20H24N6O3/c1-12(28-4)24-15-9-10-26(18(27)16(15)17(21)22)14-7-5-13(6-8-14)20(2,3)19-23-11-29-25-19/h5-8,11,24H,1,9-10H2,2-4H3,(H3,21,22). The maximum Gasteiger partial charge on any atom is 0.263 e. The van der Waals surface area contributed by atoms with Crippen LogP contribution >= 0.6 is 0 Å². The molecule has 3 rings (SSSR count). The molecule has 0 atom stereocenters. The first-order valence-electron chi connectivity index (χ1n) is 9.02. The summed E-state index contributed by atoms with van der Waals surface area (Å²) in [6.45, 7) is 8.12. The van der Waals surface area contributed by atoms with Gasteiger partial charge in [-0.05, 0) is 38.1 Å². The summed E-state index contributed by atoms with van der Waals surface area (Å²) in [6.07, 6.45) is 1.79. The summed E-state index contributed by atoms with van der Waals surface area (Å²) in [6, 6.07) is 7.58. The number of aromatic nitrogens is 2. The molecule has 0 radical (unpaired) electrons. The third-order valence-corrected chi connectivity index (χ3v) is 4.97. The van der Waals surface area contributed by atoms with Gasteiger partial charge in [0, 0.05) is 24.4 Å². The summed E-state index contributed by atoms with van der Waals surface area (Å²) in [4.78, 5) is 18.8. The van der Waals surface area contributed by atoms with Crippen LogP contribution < -0.4 is 16.0 Å². The van der Waals surface area contributed by atoms with Crippen molar-refractivity contribution in [2.75, 3.05) is 18.6 Å². The number of ether oxygens (including phenoxy) is 1. The molecule has 0 aliphatic carbocycles. The second-order valence-corrected chi connectivity index (χ2v) is 7.15. The summed E-state index contributed by atoms with van der Waals surface area (Å²) in [5.74, 6) is 0.213. The maximum absolute atomic E-state index is 13.0. The summed E-state index contributed by atoms with van der Waals surface area (Å²) in [7, 11) is 1.47. The number of hydrogen-bond donors (Lipinski definition) is 3. The van der Waals surface area contributed by atoms with Gasteiger partial charge in [0.15, 0.2) is 11.7 Å². The molecule has 1 aromatic heterocycles. The number of rotatable bonds is 7. The Hall–Kier alpha value is -3.62. The minimum Gasteiger partial charge on any atom is -0.483 e. The van der Waals surface area contributed by atoms with Crippen molar-refractivity contribution in [3.05, 3.63) is 65.8 Å². The van der Waals surface area contributed by atoms with E-state index < -0.39 is 5.41 Å². The third kappa shape index (κ3) is 3.84. The quantitative estimate of drug-likeness (QED) is 0.371. The lowest BCUT2D eigenvalue weighted by molar-refractivity contribution is -0.115. The Kier molecular flexibility index (Phi) is 5.40. The van der Waals surface area contributed by atoms with Gasteiger partial charge < -0.3 is 25.2 Å². The molecule has 29 heavy (non-hydrogen) atoms. The van der Waals surface area contributed by atoms with Crippen molar-refractivity contribution in [2.24, 2.45) is 5.73 Å². The van der Waals surface area contributed by atoms with E-state index in [0.29, 0.717) is 30.2 Å². The number of hydrogen-bond acceptors (Lipinski definition) is 7. The first-order chi connectivity index (χ1) is 13.8. The van der Waals surface area contributed by atoms with Crippen LogP contribution in [-0.2, 0) is 14.9 Å². The highest BCUT2D eigenvalue weighted by atomic mass is 16.5. The van der Waals surface area contributed by atoms with Gasteiger partial charge in [0.2, 0.25) is 6.39 Å². The third-order valence-electron chi connectivity index (χ3n) is 4.97. The molecule has 152 valence electrons. The van der Waals surface area contributed by atoms with Crippen molar-refractivity contribution >= 4 is 17.4 Å². The maximum atomic E-state index is 13.0. The molecule has 2 aromatic rings. The van der Waals surface area contributed by atoms with Crippen molar-refractivity contribution in [2.45, 2.75) is 25.7 Å². The average molecular weight is 396 g/mol. The number of carbonyl (C=O) groups excluding carboxylic acids is 1. The van der Waals surface area contributed by atoms with Crippen LogP contribution in [0.1, 0.15) is 31.7 Å². The Balaban J connectivity index is 1.87. The second-order valence-electron chi connectivity index (χ2n) is 7.15. The van der Waals surface area contributed by atoms with Crippen molar-refractivity contribution in [1.29, 1.82) is 5.41 Å². The van der Waals surface area contributed by atoms with E-state index in [-0.39, 0.29) is 23.2 Å². The molecule has 1 amide bonds. The van der Waals surface area contributed by atoms with Crippen LogP contribution in [0, 0.1) is 5.41 Å². The van der Waals surface area contributed by atoms with Crippen molar-refractivity contribution in [3.8, 4) is 0 Å². The van der Waals surface area contributed by atoms with Crippen LogP contribution in [0.15, 0.2) is 58.9 Å². The monoisotopic (exact) mass is 396 g/mol.